The highest BCUT2D eigenvalue weighted by Gasteiger charge is 2.17. The van der Waals surface area contributed by atoms with Gasteiger partial charge in [-0.2, -0.15) is 0 Å². The van der Waals surface area contributed by atoms with Crippen LogP contribution in [-0.4, -0.2) is 27.5 Å². The van der Waals surface area contributed by atoms with E-state index in [-0.39, 0.29) is 28.0 Å². The number of rotatable bonds is 5. The van der Waals surface area contributed by atoms with E-state index in [0.29, 0.717) is 15.4 Å². The maximum atomic E-state index is 11.9. The summed E-state index contributed by atoms with van der Waals surface area (Å²) in [5, 5.41) is 29.0. The molecule has 28 heavy (non-hydrogen) atoms. The summed E-state index contributed by atoms with van der Waals surface area (Å²) in [5.74, 6) is -1.19. The Labute approximate surface area is 178 Å². The molecular weight excluding hydrogens is 523 g/mol. The van der Waals surface area contributed by atoms with Crippen molar-refractivity contribution in [2.24, 2.45) is 10.2 Å². The fourth-order valence-electron chi connectivity index (χ4n) is 2.32. The predicted molar refractivity (Wildman–Crippen MR) is 108 cm³/mol. The van der Waals surface area contributed by atoms with E-state index >= 15 is 0 Å². The monoisotopic (exact) mass is 530 g/mol. The first-order valence-corrected chi connectivity index (χ1v) is 9.43. The molecule has 144 valence electrons. The fraction of sp³-hybridized carbons (Fsp3) is 0.0625. The van der Waals surface area contributed by atoms with Crippen molar-refractivity contribution in [3.05, 3.63) is 54.4 Å². The van der Waals surface area contributed by atoms with E-state index < -0.39 is 17.4 Å². The van der Waals surface area contributed by atoms with Gasteiger partial charge in [-0.3, -0.25) is 14.9 Å². The number of aromatic amines is 1. The second kappa shape index (κ2) is 8.25. The van der Waals surface area contributed by atoms with Gasteiger partial charge < -0.3 is 14.8 Å². The van der Waals surface area contributed by atoms with Crippen LogP contribution in [0.15, 0.2) is 49.5 Å². The van der Waals surface area contributed by atoms with Crippen molar-refractivity contribution in [3.8, 4) is 11.6 Å². The number of hydrogen-bond donors (Lipinski definition) is 2. The molecule has 1 heterocycles. The number of aromatic hydroxyl groups is 1. The van der Waals surface area contributed by atoms with Gasteiger partial charge in [0.2, 0.25) is 5.88 Å². The number of halogens is 3. The summed E-state index contributed by atoms with van der Waals surface area (Å²) in [6.07, 6.45) is 0. The van der Waals surface area contributed by atoms with Gasteiger partial charge in [-0.25, -0.2) is 0 Å². The zero-order valence-corrected chi connectivity index (χ0v) is 17.6. The van der Waals surface area contributed by atoms with Gasteiger partial charge >= 0.3 is 11.6 Å². The number of carbonyl (C=O) groups excluding carboxylic acids is 1. The van der Waals surface area contributed by atoms with Crippen LogP contribution in [0.25, 0.3) is 10.9 Å². The van der Waals surface area contributed by atoms with Gasteiger partial charge in [-0.15, -0.1) is 10.2 Å². The molecule has 0 unspecified atom stereocenters. The van der Waals surface area contributed by atoms with E-state index in [0.717, 1.165) is 10.5 Å². The summed E-state index contributed by atoms with van der Waals surface area (Å²) in [6.45, 7) is -0.581. The van der Waals surface area contributed by atoms with Crippen molar-refractivity contribution in [3.63, 3.8) is 0 Å². The van der Waals surface area contributed by atoms with Gasteiger partial charge in [0, 0.05) is 25.4 Å². The number of hydrogen-bond acceptors (Lipinski definition) is 6. The Morgan fingerprint density at radius 3 is 2.79 bits per heavy atom. The molecule has 0 spiro atoms. The first-order chi connectivity index (χ1) is 13.3. The number of aromatic nitrogens is 1. The molecule has 0 atom stereocenters. The largest absolute Gasteiger partial charge is 0.493 e. The molecule has 0 aliphatic rings. The highest BCUT2D eigenvalue weighted by Crippen LogP contribution is 2.40. The highest BCUT2D eigenvalue weighted by atomic mass is 79.9. The third-order valence-corrected chi connectivity index (χ3v) is 4.83. The Morgan fingerprint density at radius 1 is 1.32 bits per heavy atom. The standard InChI is InChI=1S/C16H9Br2ClN4O5/c17-7-3-9-14(10(18)4-7)20-16(25)15(9)22-21-13(24)6-28-12-2-1-8(19)5-11(12)23(26)27/h1-5,20,25H,6H2. The van der Waals surface area contributed by atoms with Crippen molar-refractivity contribution in [2.45, 2.75) is 0 Å². The zero-order chi connectivity index (χ0) is 20.4. The quantitative estimate of drug-likeness (QED) is 0.249. The van der Waals surface area contributed by atoms with Crippen molar-refractivity contribution in [2.75, 3.05) is 6.61 Å². The lowest BCUT2D eigenvalue weighted by Crippen LogP contribution is -2.09. The molecule has 3 rings (SSSR count). The second-order valence-corrected chi connectivity index (χ2v) is 7.59. The number of amides is 1. The van der Waals surface area contributed by atoms with Gasteiger partial charge in [0.05, 0.1) is 10.4 Å². The van der Waals surface area contributed by atoms with Crippen LogP contribution in [0, 0.1) is 10.1 Å². The molecule has 1 amide bonds. The number of nitrogens with one attached hydrogen (secondary N) is 1. The summed E-state index contributed by atoms with van der Waals surface area (Å²) < 4.78 is 6.56. The molecule has 0 saturated carbocycles. The zero-order valence-electron chi connectivity index (χ0n) is 13.6. The Balaban J connectivity index is 1.78. The number of ether oxygens (including phenoxy) is 1. The number of H-pyrrole nitrogens is 1. The molecule has 12 heteroatoms. The van der Waals surface area contributed by atoms with Crippen LogP contribution < -0.4 is 4.74 Å². The van der Waals surface area contributed by atoms with Gasteiger partial charge in [0.1, 0.15) is 0 Å². The lowest BCUT2D eigenvalue weighted by Gasteiger charge is -2.04. The van der Waals surface area contributed by atoms with E-state index in [1.807, 2.05) is 0 Å². The number of benzene rings is 2. The predicted octanol–water partition coefficient (Wildman–Crippen LogP) is 5.65. The molecule has 2 aromatic carbocycles. The number of fused-ring (bicyclic) bond motifs is 1. The van der Waals surface area contributed by atoms with Crippen molar-refractivity contribution < 1.29 is 19.6 Å². The number of carbonyl (C=O) groups is 1. The average molecular weight is 533 g/mol. The topological polar surface area (TPSA) is 130 Å². The van der Waals surface area contributed by atoms with Crippen LogP contribution in [-0.2, 0) is 4.79 Å². The molecular formula is C16H9Br2ClN4O5. The first-order valence-electron chi connectivity index (χ1n) is 7.47. The average Bonchev–Trinajstić information content (AvgIpc) is 2.94. The molecule has 0 fully saturated rings. The molecule has 2 N–H and O–H groups in total. The van der Waals surface area contributed by atoms with Crippen molar-refractivity contribution in [1.29, 1.82) is 0 Å². The second-order valence-electron chi connectivity index (χ2n) is 5.38. The molecule has 0 aliphatic carbocycles. The van der Waals surface area contributed by atoms with Crippen LogP contribution in [0.5, 0.6) is 11.6 Å². The van der Waals surface area contributed by atoms with Crippen LogP contribution in [0.3, 0.4) is 0 Å². The molecule has 0 bridgehead atoms. The molecule has 9 nitrogen and oxygen atoms in total. The fourth-order valence-corrected chi connectivity index (χ4v) is 3.81. The van der Waals surface area contributed by atoms with Gasteiger partial charge in [-0.1, -0.05) is 27.5 Å². The summed E-state index contributed by atoms with van der Waals surface area (Å²) in [7, 11) is 0. The highest BCUT2D eigenvalue weighted by molar-refractivity contribution is 9.11. The van der Waals surface area contributed by atoms with E-state index in [4.69, 9.17) is 16.3 Å². The van der Waals surface area contributed by atoms with Gasteiger partial charge in [0.25, 0.3) is 0 Å². The maximum Gasteiger partial charge on any atom is 0.312 e. The number of nitro benzene ring substituents is 1. The Morgan fingerprint density at radius 2 is 2.07 bits per heavy atom. The minimum absolute atomic E-state index is 0.0721. The normalized spacial score (nSPS) is 11.2. The van der Waals surface area contributed by atoms with Crippen LogP contribution in [0.1, 0.15) is 0 Å². The van der Waals surface area contributed by atoms with Crippen LogP contribution in [0.4, 0.5) is 11.4 Å². The Bertz CT molecular complexity index is 1130. The number of azo groups is 1. The summed E-state index contributed by atoms with van der Waals surface area (Å²) in [6, 6.07) is 7.27. The third kappa shape index (κ3) is 4.32. The molecule has 0 saturated heterocycles. The third-order valence-electron chi connectivity index (χ3n) is 3.51. The van der Waals surface area contributed by atoms with E-state index in [9.17, 15) is 20.0 Å². The Kier molecular flexibility index (Phi) is 5.96. The van der Waals surface area contributed by atoms with Crippen LogP contribution >= 0.6 is 43.5 Å². The minimum Gasteiger partial charge on any atom is -0.493 e. The minimum atomic E-state index is -0.799. The summed E-state index contributed by atoms with van der Waals surface area (Å²) in [4.78, 5) is 25.0. The van der Waals surface area contributed by atoms with Gasteiger partial charge in [-0.05, 0) is 40.2 Å². The van der Waals surface area contributed by atoms with E-state index in [2.05, 4.69) is 47.1 Å². The number of nitrogens with zero attached hydrogens (tertiary/aromatic N) is 3. The van der Waals surface area contributed by atoms with E-state index in [1.165, 1.54) is 12.1 Å². The number of nitro groups is 1. The smallest absolute Gasteiger partial charge is 0.312 e. The molecule has 3 aromatic rings. The van der Waals surface area contributed by atoms with Gasteiger partial charge in [0.15, 0.2) is 18.0 Å². The Hall–Kier alpha value is -2.50. The van der Waals surface area contributed by atoms with Crippen LogP contribution in [0.2, 0.25) is 5.02 Å². The molecule has 1 aromatic heterocycles. The lowest BCUT2D eigenvalue weighted by molar-refractivity contribution is -0.385. The molecule has 0 aliphatic heterocycles. The summed E-state index contributed by atoms with van der Waals surface area (Å²) in [5.41, 5.74) is 0.277. The van der Waals surface area contributed by atoms with Crippen molar-refractivity contribution in [1.82, 2.24) is 4.98 Å². The van der Waals surface area contributed by atoms with Crippen molar-refractivity contribution >= 4 is 71.6 Å². The molecule has 0 radical (unpaired) electrons. The first kappa shape index (κ1) is 20.2. The van der Waals surface area contributed by atoms with E-state index in [1.54, 1.807) is 12.1 Å². The summed E-state index contributed by atoms with van der Waals surface area (Å²) >= 11 is 12.4. The lowest BCUT2D eigenvalue weighted by atomic mass is 10.2. The SMILES string of the molecule is O=C(COc1ccc(Cl)cc1[N+](=O)[O-])N=Nc1c(O)[nH]c2c(Br)cc(Br)cc12. The maximum absolute atomic E-state index is 11.9.